The lowest BCUT2D eigenvalue weighted by Crippen LogP contribution is -2.48. The summed E-state index contributed by atoms with van der Waals surface area (Å²) in [5.41, 5.74) is -15.1. The molecule has 0 aromatic heterocycles. The average molecular weight is 1890 g/mol. The van der Waals surface area contributed by atoms with Crippen LogP contribution in [0.15, 0.2) is 0 Å². The van der Waals surface area contributed by atoms with Crippen molar-refractivity contribution in [2.24, 2.45) is 131 Å². The number of hydrogen-bond acceptors (Lipinski definition) is 0. The molecule has 9 atom stereocenters. The second kappa shape index (κ2) is 57.9. The fraction of sp³-hybridized carbons (Fsp3) is 1.00. The van der Waals surface area contributed by atoms with Crippen LogP contribution < -0.4 is 0 Å². The van der Waals surface area contributed by atoms with Crippen molar-refractivity contribution < 1.29 is 119 Å². The molecule has 774 valence electrons. The zero-order chi connectivity index (χ0) is 104. The van der Waals surface area contributed by atoms with Gasteiger partial charge in [0.25, 0.3) is 0 Å². The maximum Gasteiger partial charge on any atom is 0.394 e. The van der Waals surface area contributed by atoms with Crippen LogP contribution in [0.4, 0.5) is 119 Å². The van der Waals surface area contributed by atoms with E-state index >= 15 is 0 Å². The van der Waals surface area contributed by atoms with Gasteiger partial charge in [-0.1, -0.05) is 375 Å². The normalized spacial score (nSPS) is 17.4. The molecule has 0 aliphatic rings. The van der Waals surface area contributed by atoms with E-state index in [1.807, 2.05) is 145 Å². The smallest absolute Gasteiger partial charge is 0.171 e. The molecule has 126 heavy (non-hydrogen) atoms. The van der Waals surface area contributed by atoms with Gasteiger partial charge < -0.3 is 0 Å². The van der Waals surface area contributed by atoms with Gasteiger partial charge >= 0.3 is 55.6 Å². The summed E-state index contributed by atoms with van der Waals surface area (Å²) in [7, 11) is 0. The molecule has 0 spiro atoms. The topological polar surface area (TPSA) is 0 Å². The minimum absolute atomic E-state index is 0.0524. The van der Waals surface area contributed by atoms with E-state index < -0.39 is 115 Å². The molecule has 0 N–H and O–H groups in total. The molecule has 0 aromatic rings. The molecule has 0 aliphatic carbocycles. The van der Waals surface area contributed by atoms with Gasteiger partial charge in [0.1, 0.15) is 0 Å². The number of hydrogen-bond donors (Lipinski definition) is 0. The van der Waals surface area contributed by atoms with Crippen LogP contribution in [0.5, 0.6) is 0 Å². The summed E-state index contributed by atoms with van der Waals surface area (Å²) in [5, 5.41) is 0. The van der Waals surface area contributed by atoms with Gasteiger partial charge in [-0.05, 0) is 159 Å². The molecule has 0 rings (SSSR count). The van der Waals surface area contributed by atoms with Crippen LogP contribution in [0.25, 0.3) is 0 Å². The molecule has 0 saturated carbocycles. The standard InChI is InChI=1S/C13H25F3.2C12H23F3.3C11H21F3.2C10H19F3.C9H17F3/c1-7-8-12(6,13(14,15)16)11(9(2)3)10(4)5;1-7-11(6,12(13,14)15)10(8(2)3)9(4)5;1-6-9-11(5,12(13,14)15)10(4,7-2)8-3;1-6-9(4,7-2)10(5,8-3)11(12,13)14;1-6-9(7-2)10(5,8(3)4)11(12,13)14;1-5-8-10(4,11(12,13)14)9(6-2)7-3;1-6-8(4)9(5,7(2)3)10(11,12)13;1-5-8(6-2)9(4,7-3)10(11,12)13;1-4-6-8(3,7-5-2)9(10,11)12/h9-11H,7-8H2,1-6H3;8-10H,7H2,1-6H3;6-9H2,1-5H3;6-8H2,1-5H3;8-9H,6-7H2,1-5H3;9H,5-8H2,1-4H3;7-8H,6H2,1-5H3;8H,5-7H2,1-4H3;4-7H2,1-3H3/t12-;2*11-;3*10-;8?,9-;9-;/m00000010./s1. The van der Waals surface area contributed by atoms with E-state index in [1.54, 1.807) is 90.0 Å². The highest BCUT2D eigenvalue weighted by molar-refractivity contribution is 4.99. The Bertz CT molecular complexity index is 2630. The Kier molecular flexibility index (Phi) is 65.2. The van der Waals surface area contributed by atoms with Gasteiger partial charge in [0.15, 0.2) is 0 Å². The monoisotopic (exact) mass is 1890 g/mol. The van der Waals surface area contributed by atoms with Crippen LogP contribution in [-0.2, 0) is 0 Å². The molecule has 0 bridgehead atoms. The summed E-state index contributed by atoms with van der Waals surface area (Å²) in [5.74, 6) is -2.26. The maximum atomic E-state index is 13.3. The third kappa shape index (κ3) is 38.3. The van der Waals surface area contributed by atoms with Gasteiger partial charge in [0.2, 0.25) is 0 Å². The van der Waals surface area contributed by atoms with E-state index in [-0.39, 0.29) is 122 Å². The quantitative estimate of drug-likeness (QED) is 0.0541. The number of alkyl halides is 27. The summed E-state index contributed by atoms with van der Waals surface area (Å²) in [4.78, 5) is 0. The van der Waals surface area contributed by atoms with Gasteiger partial charge in [-0.25, -0.2) is 0 Å². The number of halogens is 27. The molecule has 0 aliphatic heterocycles. The minimum atomic E-state index is -4.11. The lowest BCUT2D eigenvalue weighted by molar-refractivity contribution is -0.261. The second-order valence-electron chi connectivity index (χ2n) is 40.5. The number of rotatable bonds is 38. The van der Waals surface area contributed by atoms with Crippen LogP contribution >= 0.6 is 0 Å². The summed E-state index contributed by atoms with van der Waals surface area (Å²) < 4.78 is 349. The zero-order valence-electron chi connectivity index (χ0n) is 87.1. The molecule has 0 heterocycles. The fourth-order valence-electron chi connectivity index (χ4n) is 19.9. The Balaban J connectivity index is -0.000000175. The summed E-state index contributed by atoms with van der Waals surface area (Å²) in [6.45, 7) is 73.1. The Labute approximate surface area is 753 Å². The average Bonchev–Trinajstić information content (AvgIpc) is 0.757. The van der Waals surface area contributed by atoms with E-state index in [2.05, 4.69) is 0 Å². The minimum Gasteiger partial charge on any atom is -0.171 e. The molecular formula is C99H189F27. The molecule has 27 heteroatoms. The van der Waals surface area contributed by atoms with Crippen LogP contribution in [0, 0.1) is 131 Å². The molecule has 0 saturated heterocycles. The SMILES string of the molecule is CCC(C)(CC)[C@](C)(CC)C(F)(F)F.CCC(C)[C@@](C)(C(C)C)C(F)(F)F.CCC(CC)[C@](C)(C(C)C)C(F)(F)F.CCC(CC)[C@](C)(CC)C(F)(F)F.CCCC(C)(CCC)C(F)(F)F.CCC[C@@](C)(C(C(C)C)C(C)C)C(F)(F)F.CCC[C@@](C)(C(CC)CC)C(F)(F)F.CCC[C@](C)(C(F)(F)F)C(C)(CC)CC.CC[C@@](C)(C(C(C)C)C(C)C)C(F)(F)F. The van der Waals surface area contributed by atoms with Crippen molar-refractivity contribution in [3.63, 3.8) is 0 Å². The van der Waals surface area contributed by atoms with Crippen molar-refractivity contribution in [3.05, 3.63) is 0 Å². The van der Waals surface area contributed by atoms with Crippen molar-refractivity contribution in [1.82, 2.24) is 0 Å². The summed E-state index contributed by atoms with van der Waals surface area (Å²) in [6.07, 6.45) is -25.9. The Hall–Kier alpha value is -1.89. The predicted octanol–water partition coefficient (Wildman–Crippen LogP) is 42.4. The first kappa shape index (κ1) is 142. The molecule has 0 fully saturated rings. The van der Waals surface area contributed by atoms with Gasteiger partial charge in [0, 0.05) is 0 Å². The summed E-state index contributed by atoms with van der Waals surface area (Å²) >= 11 is 0. The van der Waals surface area contributed by atoms with Crippen molar-refractivity contribution in [2.45, 2.75) is 507 Å². The third-order valence-corrected chi connectivity index (χ3v) is 31.6. The van der Waals surface area contributed by atoms with Crippen LogP contribution in [0.2, 0.25) is 0 Å². The fourth-order valence-corrected chi connectivity index (χ4v) is 19.9. The van der Waals surface area contributed by atoms with E-state index in [0.29, 0.717) is 103 Å². The van der Waals surface area contributed by atoms with Crippen molar-refractivity contribution >= 4 is 0 Å². The third-order valence-electron chi connectivity index (χ3n) is 31.6. The Morgan fingerprint density at radius 2 is 0.413 bits per heavy atom. The Morgan fingerprint density at radius 1 is 0.183 bits per heavy atom. The largest absolute Gasteiger partial charge is 0.394 e. The van der Waals surface area contributed by atoms with Crippen molar-refractivity contribution in [2.75, 3.05) is 0 Å². The van der Waals surface area contributed by atoms with Gasteiger partial charge in [-0.15, -0.1) is 0 Å². The lowest BCUT2D eigenvalue weighted by atomic mass is 9.60. The molecule has 0 amide bonds. The maximum absolute atomic E-state index is 13.3. The van der Waals surface area contributed by atoms with Gasteiger partial charge in [-0.3, -0.25) is 0 Å². The van der Waals surface area contributed by atoms with Crippen molar-refractivity contribution in [1.29, 1.82) is 0 Å². The van der Waals surface area contributed by atoms with Crippen LogP contribution in [-0.4, -0.2) is 55.6 Å². The predicted molar refractivity (Wildman–Crippen MR) is 478 cm³/mol. The lowest BCUT2D eigenvalue weighted by Gasteiger charge is -2.47. The molecular weight excluding hydrogens is 1700 g/mol. The highest BCUT2D eigenvalue weighted by Gasteiger charge is 2.63. The van der Waals surface area contributed by atoms with E-state index in [9.17, 15) is 119 Å². The zero-order valence-corrected chi connectivity index (χ0v) is 87.1. The van der Waals surface area contributed by atoms with Crippen LogP contribution in [0.1, 0.15) is 452 Å². The van der Waals surface area contributed by atoms with Gasteiger partial charge in [0.05, 0.1) is 48.7 Å². The van der Waals surface area contributed by atoms with E-state index in [4.69, 9.17) is 0 Å². The molecule has 1 unspecified atom stereocenters. The second-order valence-corrected chi connectivity index (χ2v) is 40.5. The van der Waals surface area contributed by atoms with Crippen molar-refractivity contribution in [3.8, 4) is 0 Å². The van der Waals surface area contributed by atoms with E-state index in [0.717, 1.165) is 0 Å². The first-order chi connectivity index (χ1) is 55.9. The highest BCUT2D eigenvalue weighted by atomic mass is 19.4. The summed E-state index contributed by atoms with van der Waals surface area (Å²) in [6, 6.07) is 0. The van der Waals surface area contributed by atoms with Crippen LogP contribution in [0.3, 0.4) is 0 Å². The van der Waals surface area contributed by atoms with Gasteiger partial charge in [-0.2, -0.15) is 119 Å². The Morgan fingerprint density at radius 3 is 0.540 bits per heavy atom. The first-order valence-corrected chi connectivity index (χ1v) is 47.5. The molecule has 0 nitrogen and oxygen atoms in total. The van der Waals surface area contributed by atoms with E-state index in [1.165, 1.54) is 62.3 Å². The molecule has 0 radical (unpaired) electrons. The molecule has 0 aromatic carbocycles. The first-order valence-electron chi connectivity index (χ1n) is 47.5. The highest BCUT2D eigenvalue weighted by Crippen LogP contribution is 2.61.